The highest BCUT2D eigenvalue weighted by atomic mass is 16.4. The number of carbonyl (C=O) groups excluding carboxylic acids is 2. The van der Waals surface area contributed by atoms with Crippen LogP contribution in [0.25, 0.3) is 0 Å². The molecule has 1 saturated heterocycles. The number of aromatic carboxylic acids is 1. The maximum atomic E-state index is 11.7. The highest BCUT2D eigenvalue weighted by Gasteiger charge is 2.35. The molecule has 2 amide bonds. The van der Waals surface area contributed by atoms with Gasteiger partial charge in [0.2, 0.25) is 11.8 Å². The Labute approximate surface area is 109 Å². The van der Waals surface area contributed by atoms with Crippen LogP contribution in [0.15, 0.2) is 6.20 Å². The highest BCUT2D eigenvalue weighted by molar-refractivity contribution is 6.05. The number of aryl methyl sites for hydroxylation is 1. The lowest BCUT2D eigenvalue weighted by molar-refractivity contribution is -0.137. The summed E-state index contributed by atoms with van der Waals surface area (Å²) < 4.78 is 1.43. The molecule has 2 rings (SSSR count). The molecule has 1 aliphatic rings. The third-order valence-electron chi connectivity index (χ3n) is 3.19. The van der Waals surface area contributed by atoms with Crippen LogP contribution in [0, 0.1) is 0 Å². The predicted molar refractivity (Wildman–Crippen MR) is 63.2 cm³/mol. The van der Waals surface area contributed by atoms with Gasteiger partial charge in [0.1, 0.15) is 5.56 Å². The number of carbonyl (C=O) groups is 3. The van der Waals surface area contributed by atoms with Gasteiger partial charge in [0, 0.05) is 20.6 Å². The molecule has 0 spiro atoms. The van der Waals surface area contributed by atoms with Gasteiger partial charge < -0.3 is 5.11 Å². The van der Waals surface area contributed by atoms with Gasteiger partial charge in [-0.2, -0.15) is 5.10 Å². The van der Waals surface area contributed by atoms with Crippen LogP contribution >= 0.6 is 0 Å². The van der Waals surface area contributed by atoms with Crippen molar-refractivity contribution < 1.29 is 19.5 Å². The lowest BCUT2D eigenvalue weighted by Gasteiger charge is -2.11. The molecule has 102 valence electrons. The van der Waals surface area contributed by atoms with Crippen molar-refractivity contribution in [2.75, 3.05) is 7.05 Å². The number of hydrogen-bond donors (Lipinski definition) is 2. The van der Waals surface area contributed by atoms with E-state index < -0.39 is 12.0 Å². The number of hydrogen-bond acceptors (Lipinski definition) is 5. The van der Waals surface area contributed by atoms with Crippen LogP contribution in [0.3, 0.4) is 0 Å². The molecular formula is C11H14N4O4. The van der Waals surface area contributed by atoms with Crippen LogP contribution in [0.1, 0.15) is 22.5 Å². The molecular weight excluding hydrogens is 252 g/mol. The number of carboxylic acid groups (broad SMARTS) is 1. The first-order valence-electron chi connectivity index (χ1n) is 5.69. The third kappa shape index (κ3) is 2.34. The maximum Gasteiger partial charge on any atom is 0.339 e. The molecule has 0 aromatic carbocycles. The van der Waals surface area contributed by atoms with E-state index in [4.69, 9.17) is 5.11 Å². The fraction of sp³-hybridized carbons (Fsp3) is 0.455. The number of nitrogens with zero attached hydrogens (tertiary/aromatic N) is 3. The van der Waals surface area contributed by atoms with Gasteiger partial charge in [0.15, 0.2) is 0 Å². The number of imide groups is 1. The first-order valence-corrected chi connectivity index (χ1v) is 5.69. The van der Waals surface area contributed by atoms with Gasteiger partial charge in [-0.1, -0.05) is 0 Å². The van der Waals surface area contributed by atoms with Gasteiger partial charge in [-0.05, 0) is 0 Å². The summed E-state index contributed by atoms with van der Waals surface area (Å²) >= 11 is 0. The molecule has 19 heavy (non-hydrogen) atoms. The smallest absolute Gasteiger partial charge is 0.339 e. The molecule has 1 unspecified atom stereocenters. The van der Waals surface area contributed by atoms with Crippen molar-refractivity contribution in [2.24, 2.45) is 7.05 Å². The number of likely N-dealkylation sites (tertiary alicyclic amines) is 1. The van der Waals surface area contributed by atoms with Crippen molar-refractivity contribution in [3.63, 3.8) is 0 Å². The zero-order chi connectivity index (χ0) is 14.2. The molecule has 2 heterocycles. The summed E-state index contributed by atoms with van der Waals surface area (Å²) in [7, 11) is 3.05. The first-order chi connectivity index (χ1) is 8.91. The Kier molecular flexibility index (Phi) is 3.34. The van der Waals surface area contributed by atoms with Crippen molar-refractivity contribution in [1.82, 2.24) is 20.0 Å². The van der Waals surface area contributed by atoms with E-state index in [1.165, 1.54) is 17.9 Å². The molecule has 1 fully saturated rings. The quantitative estimate of drug-likeness (QED) is 0.675. The van der Waals surface area contributed by atoms with Crippen LogP contribution < -0.4 is 5.32 Å². The monoisotopic (exact) mass is 266 g/mol. The van der Waals surface area contributed by atoms with Gasteiger partial charge in [-0.15, -0.1) is 0 Å². The van der Waals surface area contributed by atoms with Crippen molar-refractivity contribution in [1.29, 1.82) is 0 Å². The lowest BCUT2D eigenvalue weighted by Crippen LogP contribution is -2.37. The summed E-state index contributed by atoms with van der Waals surface area (Å²) in [5, 5.41) is 15.8. The summed E-state index contributed by atoms with van der Waals surface area (Å²) in [6, 6.07) is -0.603. The molecule has 0 radical (unpaired) electrons. The Morgan fingerprint density at radius 3 is 2.74 bits per heavy atom. The summed E-state index contributed by atoms with van der Waals surface area (Å²) in [6.07, 6.45) is 1.35. The molecule has 1 aliphatic heterocycles. The van der Waals surface area contributed by atoms with E-state index in [0.717, 1.165) is 4.90 Å². The van der Waals surface area contributed by atoms with Gasteiger partial charge in [0.25, 0.3) is 0 Å². The number of rotatable bonds is 4. The van der Waals surface area contributed by atoms with E-state index in [0.29, 0.717) is 5.69 Å². The number of amides is 2. The zero-order valence-corrected chi connectivity index (χ0v) is 10.6. The predicted octanol–water partition coefficient (Wildman–Crippen LogP) is -1.03. The summed E-state index contributed by atoms with van der Waals surface area (Å²) in [6.45, 7) is 0.162. The largest absolute Gasteiger partial charge is 0.478 e. The van der Waals surface area contributed by atoms with E-state index in [9.17, 15) is 14.4 Å². The molecule has 8 heteroatoms. The van der Waals surface area contributed by atoms with Gasteiger partial charge in [0.05, 0.1) is 24.4 Å². The molecule has 1 atom stereocenters. The average molecular weight is 266 g/mol. The molecule has 1 aromatic rings. The molecule has 2 N–H and O–H groups in total. The van der Waals surface area contributed by atoms with E-state index in [2.05, 4.69) is 10.4 Å². The SMILES string of the molecule is CN1C(=O)CC(NCc2c(C(=O)O)cnn2C)C1=O. The Morgan fingerprint density at radius 1 is 1.53 bits per heavy atom. The minimum Gasteiger partial charge on any atom is -0.478 e. The Balaban J connectivity index is 2.08. The minimum absolute atomic E-state index is 0.0835. The van der Waals surface area contributed by atoms with Gasteiger partial charge >= 0.3 is 5.97 Å². The van der Waals surface area contributed by atoms with E-state index in [-0.39, 0.29) is 30.3 Å². The Bertz CT molecular complexity index is 551. The standard InChI is InChI=1S/C11H14N4O4/c1-14-9(16)3-7(10(14)17)12-5-8-6(11(18)19)4-13-15(8)2/h4,7,12H,3,5H2,1-2H3,(H,18,19). The highest BCUT2D eigenvalue weighted by Crippen LogP contribution is 2.13. The van der Waals surface area contributed by atoms with Crippen LogP contribution in [-0.2, 0) is 23.2 Å². The van der Waals surface area contributed by atoms with Crippen LogP contribution in [0.2, 0.25) is 0 Å². The molecule has 8 nitrogen and oxygen atoms in total. The number of likely N-dealkylation sites (N-methyl/N-ethyl adjacent to an activating group) is 1. The van der Waals surface area contributed by atoms with Crippen molar-refractivity contribution in [3.05, 3.63) is 17.5 Å². The normalized spacial score (nSPS) is 19.3. The van der Waals surface area contributed by atoms with E-state index in [1.807, 2.05) is 0 Å². The van der Waals surface area contributed by atoms with E-state index in [1.54, 1.807) is 7.05 Å². The van der Waals surface area contributed by atoms with Crippen LogP contribution in [0.4, 0.5) is 0 Å². The zero-order valence-electron chi connectivity index (χ0n) is 10.6. The number of aromatic nitrogens is 2. The second kappa shape index (κ2) is 4.81. The fourth-order valence-corrected chi connectivity index (χ4v) is 1.99. The summed E-state index contributed by atoms with van der Waals surface area (Å²) in [4.78, 5) is 35.1. The number of carboxylic acids is 1. The van der Waals surface area contributed by atoms with Gasteiger partial charge in [-0.25, -0.2) is 4.79 Å². The van der Waals surface area contributed by atoms with Crippen molar-refractivity contribution in [3.8, 4) is 0 Å². The third-order valence-corrected chi connectivity index (χ3v) is 3.19. The second-order valence-corrected chi connectivity index (χ2v) is 4.36. The maximum absolute atomic E-state index is 11.7. The Hall–Kier alpha value is -2.22. The lowest BCUT2D eigenvalue weighted by atomic mass is 10.2. The molecule has 0 aliphatic carbocycles. The fourth-order valence-electron chi connectivity index (χ4n) is 1.99. The van der Waals surface area contributed by atoms with Crippen molar-refractivity contribution >= 4 is 17.8 Å². The van der Waals surface area contributed by atoms with Crippen molar-refractivity contribution in [2.45, 2.75) is 19.0 Å². The topological polar surface area (TPSA) is 105 Å². The van der Waals surface area contributed by atoms with Crippen LogP contribution in [0.5, 0.6) is 0 Å². The summed E-state index contributed by atoms with van der Waals surface area (Å²) in [5.41, 5.74) is 0.544. The minimum atomic E-state index is -1.07. The summed E-state index contributed by atoms with van der Waals surface area (Å²) in [5.74, 6) is -1.62. The number of nitrogens with one attached hydrogen (secondary N) is 1. The van der Waals surface area contributed by atoms with Crippen LogP contribution in [-0.4, -0.2) is 50.7 Å². The first kappa shape index (κ1) is 13.2. The average Bonchev–Trinajstić information content (AvgIpc) is 2.83. The van der Waals surface area contributed by atoms with E-state index >= 15 is 0 Å². The second-order valence-electron chi connectivity index (χ2n) is 4.36. The molecule has 0 bridgehead atoms. The molecule has 1 aromatic heterocycles. The van der Waals surface area contributed by atoms with Gasteiger partial charge in [-0.3, -0.25) is 24.5 Å². The Morgan fingerprint density at radius 2 is 2.21 bits per heavy atom. The molecule has 0 saturated carbocycles.